The van der Waals surface area contributed by atoms with Gasteiger partial charge in [-0.3, -0.25) is 9.78 Å². The van der Waals surface area contributed by atoms with Gasteiger partial charge in [0.25, 0.3) is 0 Å². The quantitative estimate of drug-likeness (QED) is 0.592. The van der Waals surface area contributed by atoms with Crippen molar-refractivity contribution in [2.45, 2.75) is 9.65 Å². The van der Waals surface area contributed by atoms with Crippen LogP contribution < -0.4 is 0 Å². The van der Waals surface area contributed by atoms with E-state index in [4.69, 9.17) is 0 Å². The molecule has 0 N–H and O–H groups in total. The summed E-state index contributed by atoms with van der Waals surface area (Å²) in [4.78, 5) is 16.9. The molecule has 2 rings (SSSR count). The van der Waals surface area contributed by atoms with Crippen molar-refractivity contribution in [3.63, 3.8) is 0 Å². The van der Waals surface area contributed by atoms with Crippen molar-refractivity contribution >= 4 is 49.0 Å². The molecule has 2 atom stereocenters. The van der Waals surface area contributed by atoms with Crippen molar-refractivity contribution in [3.05, 3.63) is 52.5 Å². The van der Waals surface area contributed by atoms with Crippen LogP contribution in [0.3, 0.4) is 0 Å². The molecule has 0 bridgehead atoms. The van der Waals surface area contributed by atoms with Gasteiger partial charge < -0.3 is 0 Å². The Labute approximate surface area is 120 Å². The molecule has 2 aromatic rings. The first kappa shape index (κ1) is 12.9. The lowest BCUT2D eigenvalue weighted by Crippen LogP contribution is -2.18. The molecule has 0 spiro atoms. The number of carbonyl (C=O) groups excluding carboxylic acids is 1. The number of rotatable bonds is 4. The minimum absolute atomic E-state index is 0.0110. The maximum atomic E-state index is 12.2. The van der Waals surface area contributed by atoms with Crippen molar-refractivity contribution in [2.75, 3.05) is 0 Å². The molecule has 0 fully saturated rings. The van der Waals surface area contributed by atoms with Gasteiger partial charge in [-0.2, -0.15) is 0 Å². The van der Waals surface area contributed by atoms with E-state index in [-0.39, 0.29) is 15.4 Å². The van der Waals surface area contributed by atoms with Crippen molar-refractivity contribution in [1.29, 1.82) is 0 Å². The van der Waals surface area contributed by atoms with Crippen molar-refractivity contribution in [2.24, 2.45) is 0 Å². The summed E-state index contributed by atoms with van der Waals surface area (Å²) >= 11 is 8.64. The van der Waals surface area contributed by atoms with Gasteiger partial charge in [-0.1, -0.05) is 37.9 Å². The first-order valence-corrected chi connectivity index (χ1v) is 7.67. The number of pyridine rings is 1. The third-order valence-corrected chi connectivity index (χ3v) is 6.22. The van der Waals surface area contributed by atoms with Gasteiger partial charge in [-0.15, -0.1) is 11.3 Å². The van der Waals surface area contributed by atoms with Gasteiger partial charge >= 0.3 is 0 Å². The maximum Gasteiger partial charge on any atom is 0.178 e. The summed E-state index contributed by atoms with van der Waals surface area (Å²) in [6.07, 6.45) is 3.25. The number of hydrogen-bond donors (Lipinski definition) is 0. The topological polar surface area (TPSA) is 30.0 Å². The van der Waals surface area contributed by atoms with Gasteiger partial charge in [0.05, 0.1) is 9.65 Å². The Kier molecular flexibility index (Phi) is 4.48. The minimum atomic E-state index is -0.274. The molecular formula is C12H9Br2NOS. The maximum absolute atomic E-state index is 12.2. The van der Waals surface area contributed by atoms with Crippen LogP contribution in [0, 0.1) is 0 Å². The van der Waals surface area contributed by atoms with E-state index in [0.717, 1.165) is 4.88 Å². The van der Waals surface area contributed by atoms with Gasteiger partial charge in [0, 0.05) is 22.8 Å². The van der Waals surface area contributed by atoms with Crippen LogP contribution in [0.15, 0.2) is 42.0 Å². The summed E-state index contributed by atoms with van der Waals surface area (Å²) < 4.78 is 0. The average molecular weight is 375 g/mol. The zero-order valence-corrected chi connectivity index (χ0v) is 12.7. The van der Waals surface area contributed by atoms with Gasteiger partial charge in [0.1, 0.15) is 0 Å². The molecule has 2 aromatic heterocycles. The SMILES string of the molecule is O=C(c1ccncc1)C(Br)C(Br)c1cccs1. The van der Waals surface area contributed by atoms with E-state index in [1.54, 1.807) is 35.9 Å². The molecule has 88 valence electrons. The van der Waals surface area contributed by atoms with Crippen molar-refractivity contribution < 1.29 is 4.79 Å². The average Bonchev–Trinajstić information content (AvgIpc) is 2.91. The van der Waals surface area contributed by atoms with Gasteiger partial charge in [0.15, 0.2) is 5.78 Å². The summed E-state index contributed by atoms with van der Waals surface area (Å²) in [5, 5.41) is 2.00. The standard InChI is InChI=1S/C12H9Br2NOS/c13-10(9-2-1-7-17-9)11(14)12(16)8-3-5-15-6-4-8/h1-7,10-11H. The Balaban J connectivity index is 2.16. The second kappa shape index (κ2) is 5.89. The molecule has 0 aliphatic carbocycles. The number of aromatic nitrogens is 1. The van der Waals surface area contributed by atoms with Crippen LogP contribution >= 0.6 is 43.2 Å². The lowest BCUT2D eigenvalue weighted by Gasteiger charge is -2.14. The number of carbonyl (C=O) groups is 1. The zero-order chi connectivity index (χ0) is 12.3. The van der Waals surface area contributed by atoms with Gasteiger partial charge in [-0.05, 0) is 23.6 Å². The summed E-state index contributed by atoms with van der Waals surface area (Å²) in [7, 11) is 0. The number of ketones is 1. The van der Waals surface area contributed by atoms with E-state index in [1.165, 1.54) is 0 Å². The minimum Gasteiger partial charge on any atom is -0.293 e. The van der Waals surface area contributed by atoms with Crippen LogP contribution in [0.2, 0.25) is 0 Å². The molecule has 2 unspecified atom stereocenters. The molecule has 5 heteroatoms. The summed E-state index contributed by atoms with van der Waals surface area (Å²) in [6, 6.07) is 7.44. The highest BCUT2D eigenvalue weighted by atomic mass is 79.9. The molecule has 2 nitrogen and oxygen atoms in total. The number of halogens is 2. The third-order valence-electron chi connectivity index (χ3n) is 2.29. The Morgan fingerprint density at radius 1 is 1.24 bits per heavy atom. The van der Waals surface area contributed by atoms with Crippen molar-refractivity contribution in [1.82, 2.24) is 4.98 Å². The monoisotopic (exact) mass is 373 g/mol. The molecule has 0 saturated carbocycles. The predicted molar refractivity (Wildman–Crippen MR) is 77.3 cm³/mol. The van der Waals surface area contributed by atoms with Crippen LogP contribution in [0.5, 0.6) is 0 Å². The van der Waals surface area contributed by atoms with Crippen molar-refractivity contribution in [3.8, 4) is 0 Å². The predicted octanol–water partition coefficient (Wildman–Crippen LogP) is 4.23. The van der Waals surface area contributed by atoms with Gasteiger partial charge in [-0.25, -0.2) is 0 Å². The first-order chi connectivity index (χ1) is 8.20. The number of alkyl halides is 2. The fourth-order valence-electron chi connectivity index (χ4n) is 1.40. The number of nitrogens with zero attached hydrogens (tertiary/aromatic N) is 1. The van der Waals surface area contributed by atoms with E-state index in [2.05, 4.69) is 36.8 Å². The molecule has 0 aliphatic rings. The fourth-order valence-corrected chi connectivity index (χ4v) is 3.58. The Morgan fingerprint density at radius 2 is 1.94 bits per heavy atom. The highest BCUT2D eigenvalue weighted by Crippen LogP contribution is 2.35. The molecular weight excluding hydrogens is 366 g/mol. The molecule has 17 heavy (non-hydrogen) atoms. The fraction of sp³-hybridized carbons (Fsp3) is 0.167. The molecule has 0 amide bonds. The zero-order valence-electron chi connectivity index (χ0n) is 8.72. The Morgan fingerprint density at radius 3 is 2.53 bits per heavy atom. The lowest BCUT2D eigenvalue weighted by molar-refractivity contribution is 0.0991. The Hall–Kier alpha value is -0.520. The first-order valence-electron chi connectivity index (χ1n) is 4.96. The van der Waals surface area contributed by atoms with Crippen LogP contribution in [0.25, 0.3) is 0 Å². The second-order valence-electron chi connectivity index (χ2n) is 3.42. The Bertz CT molecular complexity index is 486. The normalized spacial score (nSPS) is 14.2. The van der Waals surface area contributed by atoms with E-state index >= 15 is 0 Å². The van der Waals surface area contributed by atoms with E-state index in [9.17, 15) is 4.79 Å². The molecule has 0 saturated heterocycles. The number of thiophene rings is 1. The number of Topliss-reactive ketones (excluding diaryl/α,β-unsaturated/α-hetero) is 1. The van der Waals surface area contributed by atoms with Gasteiger partial charge in [0.2, 0.25) is 0 Å². The molecule has 0 radical (unpaired) electrons. The van der Waals surface area contributed by atoms with Crippen LogP contribution in [-0.4, -0.2) is 15.6 Å². The summed E-state index contributed by atoms with van der Waals surface area (Å²) in [5.74, 6) is 0.0580. The van der Waals surface area contributed by atoms with Crippen LogP contribution in [-0.2, 0) is 0 Å². The lowest BCUT2D eigenvalue weighted by atomic mass is 10.1. The highest BCUT2D eigenvalue weighted by molar-refractivity contribution is 9.12. The van der Waals surface area contributed by atoms with E-state index < -0.39 is 0 Å². The number of hydrogen-bond acceptors (Lipinski definition) is 3. The molecule has 2 heterocycles. The molecule has 0 aliphatic heterocycles. The van der Waals surface area contributed by atoms with Crippen LogP contribution in [0.4, 0.5) is 0 Å². The molecule has 0 aromatic carbocycles. The van der Waals surface area contributed by atoms with E-state index in [1.807, 2.05) is 17.5 Å². The largest absolute Gasteiger partial charge is 0.293 e. The smallest absolute Gasteiger partial charge is 0.178 e. The van der Waals surface area contributed by atoms with E-state index in [0.29, 0.717) is 5.56 Å². The highest BCUT2D eigenvalue weighted by Gasteiger charge is 2.26. The second-order valence-corrected chi connectivity index (χ2v) is 6.37. The van der Waals surface area contributed by atoms with Crippen LogP contribution in [0.1, 0.15) is 20.1 Å². The third kappa shape index (κ3) is 3.03. The summed E-state index contributed by atoms with van der Waals surface area (Å²) in [6.45, 7) is 0. The summed E-state index contributed by atoms with van der Waals surface area (Å²) in [5.41, 5.74) is 0.669.